The standard InChI is InChI=1S/C16H26FN3/c1-11(18)8-14-15(17)6-5-7-16(14)20-9-12(2)19(4)13(3)10-20/h5-7,11-13H,8-10,18H2,1-4H3. The van der Waals surface area contributed by atoms with Crippen LogP contribution in [-0.2, 0) is 6.42 Å². The van der Waals surface area contributed by atoms with Crippen LogP contribution in [0.4, 0.5) is 10.1 Å². The highest BCUT2D eigenvalue weighted by molar-refractivity contribution is 5.55. The topological polar surface area (TPSA) is 32.5 Å². The Balaban J connectivity index is 2.30. The lowest BCUT2D eigenvalue weighted by Crippen LogP contribution is -2.55. The molecular weight excluding hydrogens is 253 g/mol. The molecule has 4 heteroatoms. The van der Waals surface area contributed by atoms with Crippen LogP contribution >= 0.6 is 0 Å². The molecule has 1 fully saturated rings. The van der Waals surface area contributed by atoms with Gasteiger partial charge in [0.25, 0.3) is 0 Å². The predicted molar refractivity (Wildman–Crippen MR) is 82.7 cm³/mol. The van der Waals surface area contributed by atoms with Crippen LogP contribution in [0.25, 0.3) is 0 Å². The van der Waals surface area contributed by atoms with Crippen molar-refractivity contribution >= 4 is 5.69 Å². The zero-order valence-electron chi connectivity index (χ0n) is 12.9. The number of nitrogens with zero attached hydrogens (tertiary/aromatic N) is 2. The van der Waals surface area contributed by atoms with Gasteiger partial charge in [-0.3, -0.25) is 4.90 Å². The van der Waals surface area contributed by atoms with E-state index < -0.39 is 0 Å². The fourth-order valence-electron chi connectivity index (χ4n) is 2.97. The van der Waals surface area contributed by atoms with Crippen molar-refractivity contribution in [3.63, 3.8) is 0 Å². The Morgan fingerprint density at radius 2 is 1.90 bits per heavy atom. The van der Waals surface area contributed by atoms with Crippen molar-refractivity contribution in [1.29, 1.82) is 0 Å². The van der Waals surface area contributed by atoms with E-state index in [9.17, 15) is 4.39 Å². The van der Waals surface area contributed by atoms with Crippen LogP contribution in [0.1, 0.15) is 26.3 Å². The molecule has 3 nitrogen and oxygen atoms in total. The second-order valence-corrected chi connectivity index (χ2v) is 6.19. The van der Waals surface area contributed by atoms with E-state index in [0.717, 1.165) is 24.3 Å². The molecule has 0 bridgehead atoms. The van der Waals surface area contributed by atoms with Gasteiger partial charge in [0.05, 0.1) is 0 Å². The molecular formula is C16H26FN3. The molecule has 0 saturated carbocycles. The maximum atomic E-state index is 14.1. The summed E-state index contributed by atoms with van der Waals surface area (Å²) in [5.74, 6) is -0.140. The highest BCUT2D eigenvalue weighted by atomic mass is 19.1. The molecule has 1 aromatic carbocycles. The van der Waals surface area contributed by atoms with E-state index in [4.69, 9.17) is 5.73 Å². The molecule has 1 heterocycles. The Hall–Kier alpha value is -1.13. The minimum Gasteiger partial charge on any atom is -0.368 e. The number of benzene rings is 1. The Morgan fingerprint density at radius 3 is 2.45 bits per heavy atom. The first-order chi connectivity index (χ1) is 9.40. The molecule has 2 rings (SSSR count). The number of nitrogens with two attached hydrogens (primary N) is 1. The molecule has 1 saturated heterocycles. The van der Waals surface area contributed by atoms with Gasteiger partial charge >= 0.3 is 0 Å². The number of anilines is 1. The Labute approximate surface area is 121 Å². The van der Waals surface area contributed by atoms with Gasteiger partial charge in [0.1, 0.15) is 5.82 Å². The van der Waals surface area contributed by atoms with Crippen LogP contribution in [0.3, 0.4) is 0 Å². The van der Waals surface area contributed by atoms with E-state index in [0.29, 0.717) is 18.5 Å². The molecule has 3 atom stereocenters. The third-order valence-corrected chi connectivity index (χ3v) is 4.32. The van der Waals surface area contributed by atoms with Crippen LogP contribution in [0.15, 0.2) is 18.2 Å². The SMILES string of the molecule is CC(N)Cc1c(F)cccc1N1CC(C)N(C)C(C)C1. The quantitative estimate of drug-likeness (QED) is 0.921. The summed E-state index contributed by atoms with van der Waals surface area (Å²) < 4.78 is 14.1. The van der Waals surface area contributed by atoms with Gasteiger partial charge in [0.15, 0.2) is 0 Å². The van der Waals surface area contributed by atoms with Crippen molar-refractivity contribution in [2.45, 2.75) is 45.3 Å². The molecule has 0 amide bonds. The maximum Gasteiger partial charge on any atom is 0.128 e. The third kappa shape index (κ3) is 3.13. The first-order valence-electron chi connectivity index (χ1n) is 7.40. The second kappa shape index (κ2) is 6.10. The van der Waals surface area contributed by atoms with Crippen molar-refractivity contribution in [3.05, 3.63) is 29.6 Å². The molecule has 3 unspecified atom stereocenters. The highest BCUT2D eigenvalue weighted by Crippen LogP contribution is 2.28. The fourth-order valence-corrected chi connectivity index (χ4v) is 2.97. The largest absolute Gasteiger partial charge is 0.368 e. The molecule has 2 N–H and O–H groups in total. The van der Waals surface area contributed by atoms with Gasteiger partial charge in [0, 0.05) is 42.5 Å². The summed E-state index contributed by atoms with van der Waals surface area (Å²) >= 11 is 0. The van der Waals surface area contributed by atoms with Gasteiger partial charge in [-0.15, -0.1) is 0 Å². The van der Waals surface area contributed by atoms with Crippen LogP contribution in [-0.4, -0.2) is 43.2 Å². The number of halogens is 1. The number of piperazine rings is 1. The smallest absolute Gasteiger partial charge is 0.128 e. The number of rotatable bonds is 3. The molecule has 20 heavy (non-hydrogen) atoms. The third-order valence-electron chi connectivity index (χ3n) is 4.32. The molecule has 1 aromatic rings. The average Bonchev–Trinajstić information content (AvgIpc) is 2.37. The van der Waals surface area contributed by atoms with Gasteiger partial charge < -0.3 is 10.6 Å². The van der Waals surface area contributed by atoms with Crippen LogP contribution in [0.2, 0.25) is 0 Å². The Morgan fingerprint density at radius 1 is 1.30 bits per heavy atom. The summed E-state index contributed by atoms with van der Waals surface area (Å²) in [6, 6.07) is 6.24. The summed E-state index contributed by atoms with van der Waals surface area (Å²) in [6.07, 6.45) is 0.580. The Kier molecular flexibility index (Phi) is 4.66. The van der Waals surface area contributed by atoms with Crippen LogP contribution in [0, 0.1) is 5.82 Å². The molecule has 0 aliphatic carbocycles. The lowest BCUT2D eigenvalue weighted by molar-refractivity contribution is 0.170. The van der Waals surface area contributed by atoms with Crippen molar-refractivity contribution in [2.75, 3.05) is 25.0 Å². The minimum atomic E-state index is -0.140. The van der Waals surface area contributed by atoms with E-state index in [2.05, 4.69) is 30.7 Å². The summed E-state index contributed by atoms with van der Waals surface area (Å²) in [4.78, 5) is 4.68. The first-order valence-corrected chi connectivity index (χ1v) is 7.40. The zero-order valence-corrected chi connectivity index (χ0v) is 12.9. The second-order valence-electron chi connectivity index (χ2n) is 6.19. The van der Waals surface area contributed by atoms with Gasteiger partial charge in [-0.05, 0) is 46.4 Å². The Bertz CT molecular complexity index is 449. The van der Waals surface area contributed by atoms with Crippen molar-refractivity contribution in [3.8, 4) is 0 Å². The van der Waals surface area contributed by atoms with E-state index in [1.54, 1.807) is 6.07 Å². The number of hydrogen-bond donors (Lipinski definition) is 1. The van der Waals surface area contributed by atoms with Gasteiger partial charge in [-0.2, -0.15) is 0 Å². The average molecular weight is 279 g/mol. The monoisotopic (exact) mass is 279 g/mol. The van der Waals surface area contributed by atoms with E-state index in [-0.39, 0.29) is 11.9 Å². The summed E-state index contributed by atoms with van der Waals surface area (Å²) in [5, 5.41) is 0. The zero-order chi connectivity index (χ0) is 14.9. The van der Waals surface area contributed by atoms with E-state index in [1.807, 2.05) is 13.0 Å². The van der Waals surface area contributed by atoms with Crippen molar-refractivity contribution < 1.29 is 4.39 Å². The van der Waals surface area contributed by atoms with Crippen LogP contribution in [0.5, 0.6) is 0 Å². The lowest BCUT2D eigenvalue weighted by Gasteiger charge is -2.44. The molecule has 1 aliphatic heterocycles. The first kappa shape index (κ1) is 15.3. The van der Waals surface area contributed by atoms with Crippen molar-refractivity contribution in [2.24, 2.45) is 5.73 Å². The number of likely N-dealkylation sites (N-methyl/N-ethyl adjacent to an activating group) is 1. The van der Waals surface area contributed by atoms with Gasteiger partial charge in [-0.25, -0.2) is 4.39 Å². The van der Waals surface area contributed by atoms with E-state index >= 15 is 0 Å². The fraction of sp³-hybridized carbons (Fsp3) is 0.625. The molecule has 0 spiro atoms. The predicted octanol–water partition coefficient (Wildman–Crippen LogP) is 2.24. The highest BCUT2D eigenvalue weighted by Gasteiger charge is 2.28. The summed E-state index contributed by atoms with van der Waals surface area (Å²) in [5.41, 5.74) is 7.64. The van der Waals surface area contributed by atoms with Crippen LogP contribution < -0.4 is 10.6 Å². The maximum absolute atomic E-state index is 14.1. The molecule has 0 aromatic heterocycles. The van der Waals surface area contributed by atoms with E-state index in [1.165, 1.54) is 6.07 Å². The normalized spacial score (nSPS) is 25.8. The lowest BCUT2D eigenvalue weighted by atomic mass is 10.0. The molecule has 112 valence electrons. The summed E-state index contributed by atoms with van der Waals surface area (Å²) in [7, 11) is 2.15. The van der Waals surface area contributed by atoms with Crippen molar-refractivity contribution in [1.82, 2.24) is 4.90 Å². The summed E-state index contributed by atoms with van der Waals surface area (Å²) in [6.45, 7) is 8.21. The van der Waals surface area contributed by atoms with Gasteiger partial charge in [0.2, 0.25) is 0 Å². The molecule has 1 aliphatic rings. The number of hydrogen-bond acceptors (Lipinski definition) is 3. The van der Waals surface area contributed by atoms with Gasteiger partial charge in [-0.1, -0.05) is 6.07 Å². The molecule has 0 radical (unpaired) electrons. The minimum absolute atomic E-state index is 0.0343.